The fourth-order valence-electron chi connectivity index (χ4n) is 1.78. The summed E-state index contributed by atoms with van der Waals surface area (Å²) in [6, 6.07) is 0.598. The molecule has 0 saturated carbocycles. The third-order valence-corrected chi connectivity index (χ3v) is 2.52. The zero-order chi connectivity index (χ0) is 8.39. The van der Waals surface area contributed by atoms with Gasteiger partial charge in [0, 0.05) is 6.54 Å². The van der Waals surface area contributed by atoms with Crippen molar-refractivity contribution in [3.05, 3.63) is 0 Å². The van der Waals surface area contributed by atoms with Gasteiger partial charge in [0.1, 0.15) is 6.10 Å². The summed E-state index contributed by atoms with van der Waals surface area (Å²) in [5, 5.41) is 0. The maximum atomic E-state index is 5.33. The Kier molecular flexibility index (Phi) is 2.30. The van der Waals surface area contributed by atoms with E-state index < -0.39 is 0 Å². The molecule has 1 fully saturated rings. The van der Waals surface area contributed by atoms with Gasteiger partial charge in [0.05, 0.1) is 25.5 Å². The van der Waals surface area contributed by atoms with Crippen LogP contribution in [0.2, 0.25) is 0 Å². The molecule has 2 aliphatic rings. The van der Waals surface area contributed by atoms with E-state index in [1.165, 1.54) is 12.8 Å². The number of rotatable bonds is 4. The summed E-state index contributed by atoms with van der Waals surface area (Å²) in [6.45, 7) is 5.23. The molecule has 0 radical (unpaired) electrons. The average molecular weight is 168 g/mol. The van der Waals surface area contributed by atoms with Crippen LogP contribution in [0.3, 0.4) is 0 Å². The zero-order valence-corrected chi connectivity index (χ0v) is 7.57. The minimum Gasteiger partial charge on any atom is -0.371 e. The molecule has 2 aliphatic heterocycles. The molecule has 2 atom stereocenters. The van der Waals surface area contributed by atoms with Crippen LogP contribution in [0.25, 0.3) is 0 Å². The highest BCUT2D eigenvalue weighted by Crippen LogP contribution is 2.23. The first-order valence-electron chi connectivity index (χ1n) is 4.79. The van der Waals surface area contributed by atoms with Crippen molar-refractivity contribution in [3.63, 3.8) is 0 Å². The predicted molar refractivity (Wildman–Crippen MR) is 48.5 cm³/mol. The van der Waals surface area contributed by atoms with Gasteiger partial charge in [0.25, 0.3) is 0 Å². The lowest BCUT2D eigenvalue weighted by Crippen LogP contribution is -2.37. The Morgan fingerprint density at radius 1 is 1.75 bits per heavy atom. The molecule has 0 spiro atoms. The number of nitrogens with zero attached hydrogens (tertiary/aromatic N) is 2. The Bertz CT molecular complexity index is 177. The molecule has 3 heteroatoms. The van der Waals surface area contributed by atoms with Crippen molar-refractivity contribution in [1.82, 2.24) is 4.90 Å². The second kappa shape index (κ2) is 3.44. The first kappa shape index (κ1) is 8.05. The van der Waals surface area contributed by atoms with Crippen molar-refractivity contribution in [2.24, 2.45) is 4.99 Å². The summed E-state index contributed by atoms with van der Waals surface area (Å²) in [4.78, 5) is 6.56. The Morgan fingerprint density at radius 3 is 3.08 bits per heavy atom. The van der Waals surface area contributed by atoms with Gasteiger partial charge >= 0.3 is 0 Å². The summed E-state index contributed by atoms with van der Waals surface area (Å²) >= 11 is 0. The van der Waals surface area contributed by atoms with Crippen LogP contribution < -0.4 is 0 Å². The Balaban J connectivity index is 1.90. The molecule has 0 amide bonds. The molecule has 0 aromatic heterocycles. The molecule has 0 aromatic rings. The van der Waals surface area contributed by atoms with E-state index in [0.717, 1.165) is 19.7 Å². The van der Waals surface area contributed by atoms with E-state index >= 15 is 0 Å². The van der Waals surface area contributed by atoms with Crippen molar-refractivity contribution in [2.75, 3.05) is 19.7 Å². The van der Waals surface area contributed by atoms with E-state index in [1.54, 1.807) is 0 Å². The fraction of sp³-hybridized carbons (Fsp3) is 0.889. The number of aliphatic imine (C=N–C) groups is 1. The Morgan fingerprint density at radius 2 is 2.58 bits per heavy atom. The second-order valence-corrected chi connectivity index (χ2v) is 3.49. The fourth-order valence-corrected chi connectivity index (χ4v) is 1.78. The maximum Gasteiger partial charge on any atom is 0.101 e. The third kappa shape index (κ3) is 1.61. The van der Waals surface area contributed by atoms with Gasteiger partial charge in [-0.2, -0.15) is 0 Å². The summed E-state index contributed by atoms with van der Waals surface area (Å²) in [7, 11) is 0. The maximum absolute atomic E-state index is 5.33. The molecule has 0 aromatic carbocycles. The molecule has 12 heavy (non-hydrogen) atoms. The highest BCUT2D eigenvalue weighted by atomic mass is 16.6. The molecule has 2 unspecified atom stereocenters. The molecule has 0 bridgehead atoms. The lowest BCUT2D eigenvalue weighted by Gasteiger charge is -2.24. The first-order chi connectivity index (χ1) is 5.92. The summed E-state index contributed by atoms with van der Waals surface area (Å²) in [6.07, 6.45) is 4.95. The minimum atomic E-state index is 0.495. The highest BCUT2D eigenvalue weighted by molar-refractivity contribution is 5.57. The first-order valence-corrected chi connectivity index (χ1v) is 4.79. The summed E-state index contributed by atoms with van der Waals surface area (Å²) < 4.78 is 5.33. The van der Waals surface area contributed by atoms with Crippen LogP contribution in [0.1, 0.15) is 19.8 Å². The lowest BCUT2D eigenvalue weighted by molar-refractivity contribution is 0.248. The van der Waals surface area contributed by atoms with E-state index in [9.17, 15) is 0 Å². The molecule has 0 N–H and O–H groups in total. The minimum absolute atomic E-state index is 0.495. The largest absolute Gasteiger partial charge is 0.371 e. The van der Waals surface area contributed by atoms with Crippen molar-refractivity contribution >= 4 is 6.34 Å². The van der Waals surface area contributed by atoms with Gasteiger partial charge in [0.2, 0.25) is 0 Å². The van der Waals surface area contributed by atoms with Crippen LogP contribution in [0.5, 0.6) is 0 Å². The van der Waals surface area contributed by atoms with Crippen LogP contribution in [0.4, 0.5) is 0 Å². The zero-order valence-electron chi connectivity index (χ0n) is 7.57. The highest BCUT2D eigenvalue weighted by Gasteiger charge is 2.35. The van der Waals surface area contributed by atoms with Gasteiger partial charge in [-0.25, -0.2) is 0 Å². The topological polar surface area (TPSA) is 28.1 Å². The van der Waals surface area contributed by atoms with E-state index in [2.05, 4.69) is 16.8 Å². The van der Waals surface area contributed by atoms with Crippen molar-refractivity contribution < 1.29 is 4.74 Å². The molecule has 1 saturated heterocycles. The molecular weight excluding hydrogens is 152 g/mol. The van der Waals surface area contributed by atoms with Crippen LogP contribution >= 0.6 is 0 Å². The SMILES string of the molecule is CCCC(C1CO1)N1C=NCC1. The Hall–Kier alpha value is -0.570. The van der Waals surface area contributed by atoms with Crippen LogP contribution in [-0.2, 0) is 4.74 Å². The molecule has 3 nitrogen and oxygen atoms in total. The van der Waals surface area contributed by atoms with Crippen molar-refractivity contribution in [1.29, 1.82) is 0 Å². The van der Waals surface area contributed by atoms with E-state index in [1.807, 2.05) is 6.34 Å². The standard InChI is InChI=1S/C9H16N2O/c1-2-3-8(9-6-12-9)11-5-4-10-7-11/h7-9H,2-6H2,1H3. The van der Waals surface area contributed by atoms with Crippen molar-refractivity contribution in [2.45, 2.75) is 31.9 Å². The van der Waals surface area contributed by atoms with Crippen molar-refractivity contribution in [3.8, 4) is 0 Å². The normalized spacial score (nSPS) is 29.4. The molecule has 0 aliphatic carbocycles. The van der Waals surface area contributed by atoms with Gasteiger partial charge < -0.3 is 9.64 Å². The predicted octanol–water partition coefficient (Wildman–Crippen LogP) is 0.898. The molecule has 68 valence electrons. The second-order valence-electron chi connectivity index (χ2n) is 3.49. The van der Waals surface area contributed by atoms with Crippen LogP contribution in [-0.4, -0.2) is 43.1 Å². The van der Waals surface area contributed by atoms with Gasteiger partial charge in [-0.05, 0) is 6.42 Å². The van der Waals surface area contributed by atoms with Gasteiger partial charge in [-0.15, -0.1) is 0 Å². The lowest BCUT2D eigenvalue weighted by atomic mass is 10.1. The van der Waals surface area contributed by atoms with E-state index in [4.69, 9.17) is 4.74 Å². The summed E-state index contributed by atoms with van der Waals surface area (Å²) in [5.41, 5.74) is 0. The van der Waals surface area contributed by atoms with Gasteiger partial charge in [0.15, 0.2) is 0 Å². The van der Waals surface area contributed by atoms with E-state index in [0.29, 0.717) is 12.1 Å². The Labute approximate surface area is 73.4 Å². The average Bonchev–Trinajstić information content (AvgIpc) is 2.77. The monoisotopic (exact) mass is 168 g/mol. The number of hydrogen-bond donors (Lipinski definition) is 0. The molecule has 2 heterocycles. The van der Waals surface area contributed by atoms with E-state index in [-0.39, 0.29) is 0 Å². The number of ether oxygens (including phenoxy) is 1. The molecule has 2 rings (SSSR count). The number of hydrogen-bond acceptors (Lipinski definition) is 3. The third-order valence-electron chi connectivity index (χ3n) is 2.52. The smallest absolute Gasteiger partial charge is 0.101 e. The van der Waals surface area contributed by atoms with Gasteiger partial charge in [-0.1, -0.05) is 13.3 Å². The molecular formula is C9H16N2O. The van der Waals surface area contributed by atoms with Crippen LogP contribution in [0, 0.1) is 0 Å². The number of epoxide rings is 1. The van der Waals surface area contributed by atoms with Crippen LogP contribution in [0.15, 0.2) is 4.99 Å². The van der Waals surface area contributed by atoms with Gasteiger partial charge in [-0.3, -0.25) is 4.99 Å². The quantitative estimate of drug-likeness (QED) is 0.583. The summed E-state index contributed by atoms with van der Waals surface area (Å²) in [5.74, 6) is 0.